The van der Waals surface area contributed by atoms with Gasteiger partial charge in [-0.15, -0.1) is 6.58 Å². The lowest BCUT2D eigenvalue weighted by atomic mass is 10.4. The van der Waals surface area contributed by atoms with Crippen molar-refractivity contribution in [1.29, 1.82) is 0 Å². The lowest BCUT2D eigenvalue weighted by molar-refractivity contribution is -0.115. The summed E-state index contributed by atoms with van der Waals surface area (Å²) in [7, 11) is 0. The van der Waals surface area contributed by atoms with E-state index in [1.54, 1.807) is 18.3 Å². The van der Waals surface area contributed by atoms with Gasteiger partial charge in [-0.3, -0.25) is 4.79 Å². The summed E-state index contributed by atoms with van der Waals surface area (Å²) in [5.74, 6) is 0.420. The molecule has 0 aliphatic rings. The molecule has 1 N–H and O–H groups in total. The molecule has 13 heavy (non-hydrogen) atoms. The Morgan fingerprint density at radius 3 is 3.15 bits per heavy atom. The number of carbonyl (C=O) groups excluding carboxylic acids is 1. The topological polar surface area (TPSA) is 42.0 Å². The van der Waals surface area contributed by atoms with E-state index in [1.165, 1.54) is 0 Å². The second-order valence-electron chi connectivity index (χ2n) is 2.37. The number of hydrogen-bond donors (Lipinski definition) is 1. The van der Waals surface area contributed by atoms with Crippen molar-refractivity contribution < 1.29 is 4.79 Å². The molecule has 1 amide bonds. The van der Waals surface area contributed by atoms with Gasteiger partial charge in [0.25, 0.3) is 0 Å². The molecule has 0 bridgehead atoms. The normalized spacial score (nSPS) is 9.31. The first-order chi connectivity index (χ1) is 6.24. The van der Waals surface area contributed by atoms with E-state index in [2.05, 4.69) is 32.8 Å². The van der Waals surface area contributed by atoms with Crippen molar-refractivity contribution in [3.05, 3.63) is 35.5 Å². The van der Waals surface area contributed by atoms with Crippen molar-refractivity contribution in [3.63, 3.8) is 0 Å². The van der Waals surface area contributed by atoms with Crippen molar-refractivity contribution in [3.8, 4) is 0 Å². The Kier molecular flexibility index (Phi) is 3.64. The van der Waals surface area contributed by atoms with E-state index in [-0.39, 0.29) is 5.91 Å². The minimum Gasteiger partial charge on any atom is -0.309 e. The summed E-state index contributed by atoms with van der Waals surface area (Å²) in [6.45, 7) is 3.47. The molecular formula is C9H9BrN2O. The molecular weight excluding hydrogens is 232 g/mol. The van der Waals surface area contributed by atoms with E-state index in [0.29, 0.717) is 12.2 Å². The van der Waals surface area contributed by atoms with Gasteiger partial charge in [-0.05, 0) is 28.1 Å². The molecule has 1 rings (SSSR count). The van der Waals surface area contributed by atoms with Crippen molar-refractivity contribution in [1.82, 2.24) is 4.98 Å². The molecule has 0 atom stereocenters. The summed E-state index contributed by atoms with van der Waals surface area (Å²) in [5.41, 5.74) is 0. The predicted molar refractivity (Wildman–Crippen MR) is 55.4 cm³/mol. The van der Waals surface area contributed by atoms with Gasteiger partial charge >= 0.3 is 0 Å². The minimum atomic E-state index is -0.116. The highest BCUT2D eigenvalue weighted by atomic mass is 79.9. The molecule has 0 aromatic carbocycles. The van der Waals surface area contributed by atoms with E-state index in [4.69, 9.17) is 0 Å². The van der Waals surface area contributed by atoms with E-state index >= 15 is 0 Å². The van der Waals surface area contributed by atoms with Gasteiger partial charge in [0, 0.05) is 12.6 Å². The first-order valence-electron chi connectivity index (χ1n) is 3.75. The zero-order chi connectivity index (χ0) is 9.68. The van der Waals surface area contributed by atoms with Crippen LogP contribution in [0.1, 0.15) is 6.42 Å². The van der Waals surface area contributed by atoms with Crippen LogP contribution in [0, 0.1) is 0 Å². The zero-order valence-corrected chi connectivity index (χ0v) is 8.54. The monoisotopic (exact) mass is 240 g/mol. The van der Waals surface area contributed by atoms with E-state index < -0.39 is 0 Å². The number of pyridine rings is 1. The van der Waals surface area contributed by atoms with Gasteiger partial charge in [0.15, 0.2) is 0 Å². The van der Waals surface area contributed by atoms with Gasteiger partial charge in [-0.1, -0.05) is 6.08 Å². The van der Waals surface area contributed by atoms with Crippen LogP contribution in [0.15, 0.2) is 35.5 Å². The van der Waals surface area contributed by atoms with Gasteiger partial charge in [0.05, 0.1) is 4.47 Å². The fraction of sp³-hybridized carbons (Fsp3) is 0.111. The second kappa shape index (κ2) is 4.77. The summed E-state index contributed by atoms with van der Waals surface area (Å²) in [6, 6.07) is 3.60. The summed E-state index contributed by atoms with van der Waals surface area (Å²) in [5, 5.41) is 2.64. The van der Waals surface area contributed by atoms with Crippen LogP contribution < -0.4 is 5.32 Å². The molecule has 3 nitrogen and oxygen atoms in total. The molecule has 0 aliphatic carbocycles. The summed E-state index contributed by atoms with van der Waals surface area (Å²) in [4.78, 5) is 15.1. The predicted octanol–water partition coefficient (Wildman–Crippen LogP) is 2.36. The van der Waals surface area contributed by atoms with Crippen LogP contribution in [0.25, 0.3) is 0 Å². The quantitative estimate of drug-likeness (QED) is 0.825. The number of anilines is 1. The van der Waals surface area contributed by atoms with Crippen LogP contribution >= 0.6 is 15.9 Å². The maximum absolute atomic E-state index is 11.1. The first kappa shape index (κ1) is 9.92. The highest BCUT2D eigenvalue weighted by molar-refractivity contribution is 9.10. The Labute approximate surface area is 85.0 Å². The Bertz CT molecular complexity index is 325. The Hall–Kier alpha value is -1.16. The number of hydrogen-bond acceptors (Lipinski definition) is 2. The molecule has 0 unspecified atom stereocenters. The third-order valence-electron chi connectivity index (χ3n) is 1.35. The fourth-order valence-electron chi connectivity index (χ4n) is 0.792. The molecule has 0 aliphatic heterocycles. The van der Waals surface area contributed by atoms with Gasteiger partial charge < -0.3 is 5.32 Å². The van der Waals surface area contributed by atoms with Crippen LogP contribution in [-0.4, -0.2) is 10.9 Å². The number of amides is 1. The summed E-state index contributed by atoms with van der Waals surface area (Å²) < 4.78 is 0.771. The fourth-order valence-corrected chi connectivity index (χ4v) is 1.15. The van der Waals surface area contributed by atoms with Gasteiger partial charge in [0.2, 0.25) is 5.91 Å². The van der Waals surface area contributed by atoms with Crippen LogP contribution in [0.4, 0.5) is 5.82 Å². The van der Waals surface area contributed by atoms with Gasteiger partial charge in [-0.2, -0.15) is 0 Å². The number of rotatable bonds is 3. The molecule has 0 radical (unpaired) electrons. The molecule has 1 heterocycles. The Morgan fingerprint density at radius 2 is 2.54 bits per heavy atom. The molecule has 1 aromatic heterocycles. The van der Waals surface area contributed by atoms with Gasteiger partial charge in [-0.25, -0.2) is 4.98 Å². The maximum Gasteiger partial charge on any atom is 0.229 e. The Morgan fingerprint density at radius 1 is 1.77 bits per heavy atom. The summed E-state index contributed by atoms with van der Waals surface area (Å²) in [6.07, 6.45) is 3.46. The van der Waals surface area contributed by atoms with Crippen molar-refractivity contribution in [2.45, 2.75) is 6.42 Å². The smallest absolute Gasteiger partial charge is 0.229 e. The summed E-state index contributed by atoms with van der Waals surface area (Å²) >= 11 is 3.27. The van der Waals surface area contributed by atoms with Gasteiger partial charge in [0.1, 0.15) is 5.82 Å². The lowest BCUT2D eigenvalue weighted by Gasteiger charge is -2.03. The first-order valence-corrected chi connectivity index (χ1v) is 4.54. The second-order valence-corrected chi connectivity index (χ2v) is 3.23. The van der Waals surface area contributed by atoms with Crippen molar-refractivity contribution in [2.24, 2.45) is 0 Å². The van der Waals surface area contributed by atoms with Crippen LogP contribution in [0.5, 0.6) is 0 Å². The average molecular weight is 241 g/mol. The van der Waals surface area contributed by atoms with Crippen molar-refractivity contribution >= 4 is 27.7 Å². The molecule has 0 saturated carbocycles. The molecule has 1 aromatic rings. The zero-order valence-electron chi connectivity index (χ0n) is 6.96. The molecule has 0 fully saturated rings. The maximum atomic E-state index is 11.1. The number of carbonyl (C=O) groups is 1. The third-order valence-corrected chi connectivity index (χ3v) is 1.99. The lowest BCUT2D eigenvalue weighted by Crippen LogP contribution is -2.11. The third kappa shape index (κ3) is 2.99. The highest BCUT2D eigenvalue weighted by Crippen LogP contribution is 2.18. The molecule has 4 heteroatoms. The van der Waals surface area contributed by atoms with Crippen LogP contribution in [-0.2, 0) is 4.79 Å². The number of aromatic nitrogens is 1. The number of nitrogens with zero attached hydrogens (tertiary/aromatic N) is 1. The minimum absolute atomic E-state index is 0.116. The van der Waals surface area contributed by atoms with E-state index in [1.807, 2.05) is 6.07 Å². The van der Waals surface area contributed by atoms with E-state index in [9.17, 15) is 4.79 Å². The van der Waals surface area contributed by atoms with Crippen LogP contribution in [0.3, 0.4) is 0 Å². The van der Waals surface area contributed by atoms with Crippen LogP contribution in [0.2, 0.25) is 0 Å². The Balaban J connectivity index is 2.68. The van der Waals surface area contributed by atoms with Crippen molar-refractivity contribution in [2.75, 3.05) is 5.32 Å². The average Bonchev–Trinajstić information content (AvgIpc) is 2.09. The van der Waals surface area contributed by atoms with E-state index in [0.717, 1.165) is 4.47 Å². The molecule has 68 valence electrons. The highest BCUT2D eigenvalue weighted by Gasteiger charge is 2.03. The molecule has 0 saturated heterocycles. The largest absolute Gasteiger partial charge is 0.309 e. The molecule has 0 spiro atoms. The SMILES string of the molecule is C=CCC(=O)Nc1ncccc1Br. The number of nitrogens with one attached hydrogen (secondary N) is 1. The standard InChI is InChI=1S/C9H9BrN2O/c1-2-4-8(13)12-9-7(10)5-3-6-11-9/h2-3,5-6H,1,4H2,(H,11,12,13). The number of halogens is 1.